The van der Waals surface area contributed by atoms with Crippen LogP contribution in [0.1, 0.15) is 35.9 Å². The fraction of sp³-hybridized carbons (Fsp3) is 0.292. The predicted octanol–water partition coefficient (Wildman–Crippen LogP) is 5.49. The van der Waals surface area contributed by atoms with Crippen molar-refractivity contribution >= 4 is 34.6 Å². The molecule has 8 nitrogen and oxygen atoms in total. The number of carbonyl (C=O) groups excluding carboxylic acids is 1. The van der Waals surface area contributed by atoms with Gasteiger partial charge < -0.3 is 19.7 Å². The molecule has 0 atom stereocenters. The van der Waals surface area contributed by atoms with Crippen LogP contribution in [0.15, 0.2) is 52.9 Å². The smallest absolute Gasteiger partial charge is 0.293 e. The maximum atomic E-state index is 12.8. The van der Waals surface area contributed by atoms with Gasteiger partial charge in [0.05, 0.1) is 9.95 Å². The number of nitrogens with one attached hydrogen (secondary N) is 1. The van der Waals surface area contributed by atoms with Gasteiger partial charge in [0.25, 0.3) is 11.6 Å². The summed E-state index contributed by atoms with van der Waals surface area (Å²) in [5.41, 5.74) is 1.71. The first kappa shape index (κ1) is 22.8. The van der Waals surface area contributed by atoms with Gasteiger partial charge in [-0.05, 0) is 61.2 Å². The molecule has 1 aromatic heterocycles. The highest BCUT2D eigenvalue weighted by molar-refractivity contribution is 6.33. The number of furan rings is 1. The van der Waals surface area contributed by atoms with E-state index in [0.29, 0.717) is 39.4 Å². The van der Waals surface area contributed by atoms with Crippen LogP contribution in [-0.2, 0) is 6.61 Å². The molecule has 0 bridgehead atoms. The zero-order valence-corrected chi connectivity index (χ0v) is 18.8. The molecule has 4 rings (SSSR count). The summed E-state index contributed by atoms with van der Waals surface area (Å²) in [4.78, 5) is 26.1. The van der Waals surface area contributed by atoms with Gasteiger partial charge in [0.15, 0.2) is 0 Å². The van der Waals surface area contributed by atoms with Crippen LogP contribution < -0.4 is 10.2 Å². The maximum absolute atomic E-state index is 12.8. The van der Waals surface area contributed by atoms with Crippen LogP contribution in [0.5, 0.6) is 0 Å². The second kappa shape index (κ2) is 9.64. The minimum absolute atomic E-state index is 0.0805. The van der Waals surface area contributed by atoms with Crippen LogP contribution in [0.2, 0.25) is 5.02 Å². The van der Waals surface area contributed by atoms with Crippen molar-refractivity contribution in [3.8, 4) is 11.3 Å². The number of anilines is 2. The Bertz CT molecular complexity index is 1180. The summed E-state index contributed by atoms with van der Waals surface area (Å²) in [6.45, 7) is 3.48. The van der Waals surface area contributed by atoms with E-state index in [1.807, 2.05) is 4.90 Å². The van der Waals surface area contributed by atoms with E-state index in [1.165, 1.54) is 6.07 Å². The number of hydrogen-bond acceptors (Lipinski definition) is 6. The molecule has 3 aromatic rings. The van der Waals surface area contributed by atoms with Crippen molar-refractivity contribution in [2.45, 2.75) is 26.4 Å². The number of piperidine rings is 1. The van der Waals surface area contributed by atoms with Gasteiger partial charge in [-0.2, -0.15) is 0 Å². The molecule has 1 fully saturated rings. The van der Waals surface area contributed by atoms with Crippen molar-refractivity contribution in [1.82, 2.24) is 0 Å². The Kier molecular flexibility index (Phi) is 6.67. The summed E-state index contributed by atoms with van der Waals surface area (Å²) < 4.78 is 5.50. The molecule has 0 aliphatic carbocycles. The van der Waals surface area contributed by atoms with Gasteiger partial charge in [0, 0.05) is 36.0 Å². The predicted molar refractivity (Wildman–Crippen MR) is 127 cm³/mol. The van der Waals surface area contributed by atoms with Crippen LogP contribution in [0.3, 0.4) is 0 Å². The number of carbonyl (C=O) groups is 1. The topological polar surface area (TPSA) is 109 Å². The van der Waals surface area contributed by atoms with Gasteiger partial charge in [-0.25, -0.2) is 0 Å². The average Bonchev–Trinajstić information content (AvgIpc) is 3.28. The first-order valence-electron chi connectivity index (χ1n) is 10.7. The molecule has 0 saturated carbocycles. The molecule has 9 heteroatoms. The van der Waals surface area contributed by atoms with Crippen molar-refractivity contribution in [3.05, 3.63) is 75.0 Å². The minimum Gasteiger partial charge on any atom is -0.459 e. The lowest BCUT2D eigenvalue weighted by Crippen LogP contribution is -2.33. The molecule has 1 aliphatic heterocycles. The lowest BCUT2D eigenvalue weighted by Gasteiger charge is -2.31. The Labute approximate surface area is 195 Å². The molecule has 0 spiro atoms. The van der Waals surface area contributed by atoms with Crippen molar-refractivity contribution in [3.63, 3.8) is 0 Å². The molecular formula is C24H24ClN3O5. The second-order valence-electron chi connectivity index (χ2n) is 8.20. The van der Waals surface area contributed by atoms with Gasteiger partial charge in [0.2, 0.25) is 0 Å². The lowest BCUT2D eigenvalue weighted by molar-refractivity contribution is -0.384. The van der Waals surface area contributed by atoms with Gasteiger partial charge in [-0.15, -0.1) is 0 Å². The number of nitrogens with zero attached hydrogens (tertiary/aromatic N) is 2. The monoisotopic (exact) mass is 469 g/mol. The molecule has 2 aromatic carbocycles. The Balaban J connectivity index is 1.52. The van der Waals surface area contributed by atoms with E-state index in [0.717, 1.165) is 25.9 Å². The maximum Gasteiger partial charge on any atom is 0.293 e. The molecule has 1 aliphatic rings. The SMILES string of the molecule is CC1CCN(c2ccc(C(=O)Nc3ccc(-c4ccc(CO)o4)c(Cl)c3)cc2[N+](=O)[O-])CC1. The lowest BCUT2D eigenvalue weighted by atomic mass is 9.98. The number of hydrogen-bond donors (Lipinski definition) is 2. The van der Waals surface area contributed by atoms with E-state index in [1.54, 1.807) is 42.5 Å². The van der Waals surface area contributed by atoms with E-state index in [4.69, 9.17) is 21.1 Å². The molecule has 2 heterocycles. The Hall–Kier alpha value is -3.36. The van der Waals surface area contributed by atoms with Crippen molar-refractivity contribution < 1.29 is 19.2 Å². The highest BCUT2D eigenvalue weighted by Crippen LogP contribution is 2.34. The van der Waals surface area contributed by atoms with Crippen LogP contribution in [0.25, 0.3) is 11.3 Å². The van der Waals surface area contributed by atoms with Gasteiger partial charge >= 0.3 is 0 Å². The van der Waals surface area contributed by atoms with Crippen molar-refractivity contribution in [1.29, 1.82) is 0 Å². The molecule has 1 amide bonds. The Morgan fingerprint density at radius 3 is 2.61 bits per heavy atom. The largest absolute Gasteiger partial charge is 0.459 e. The zero-order chi connectivity index (χ0) is 23.5. The van der Waals surface area contributed by atoms with Crippen LogP contribution in [-0.4, -0.2) is 29.0 Å². The van der Waals surface area contributed by atoms with Gasteiger partial charge in [0.1, 0.15) is 23.8 Å². The van der Waals surface area contributed by atoms with E-state index >= 15 is 0 Å². The van der Waals surface area contributed by atoms with E-state index in [2.05, 4.69) is 12.2 Å². The van der Waals surface area contributed by atoms with E-state index in [-0.39, 0.29) is 17.9 Å². The molecule has 0 radical (unpaired) electrons. The van der Waals surface area contributed by atoms with Gasteiger partial charge in [-0.1, -0.05) is 18.5 Å². The summed E-state index contributed by atoms with van der Waals surface area (Å²) >= 11 is 6.36. The summed E-state index contributed by atoms with van der Waals surface area (Å²) in [5, 5.41) is 24.0. The quantitative estimate of drug-likeness (QED) is 0.365. The second-order valence-corrected chi connectivity index (χ2v) is 8.61. The molecule has 172 valence electrons. The summed E-state index contributed by atoms with van der Waals surface area (Å²) in [5.74, 6) is 1.05. The third-order valence-electron chi connectivity index (χ3n) is 5.87. The van der Waals surface area contributed by atoms with E-state index < -0.39 is 10.8 Å². The molecule has 1 saturated heterocycles. The number of nitro groups is 1. The van der Waals surface area contributed by atoms with E-state index in [9.17, 15) is 14.9 Å². The highest BCUT2D eigenvalue weighted by atomic mass is 35.5. The molecular weight excluding hydrogens is 446 g/mol. The number of amides is 1. The highest BCUT2D eigenvalue weighted by Gasteiger charge is 2.25. The standard InChI is InChI=1S/C24H24ClN3O5/c1-15-8-10-27(11-9-15)21-6-2-16(12-22(21)28(31)32)24(30)26-17-3-5-19(20(25)13-17)23-7-4-18(14-29)33-23/h2-7,12-13,15,29H,8-11,14H2,1H3,(H,26,30). The summed E-state index contributed by atoms with van der Waals surface area (Å²) in [6.07, 6.45) is 1.96. The van der Waals surface area contributed by atoms with Crippen molar-refractivity contribution in [2.24, 2.45) is 5.92 Å². The first-order chi connectivity index (χ1) is 15.9. The number of halogens is 1. The Morgan fingerprint density at radius 1 is 1.21 bits per heavy atom. The van der Waals surface area contributed by atoms with Gasteiger partial charge in [-0.3, -0.25) is 14.9 Å². The number of rotatable bonds is 6. The molecule has 33 heavy (non-hydrogen) atoms. The first-order valence-corrected chi connectivity index (χ1v) is 11.1. The third-order valence-corrected chi connectivity index (χ3v) is 6.18. The summed E-state index contributed by atoms with van der Waals surface area (Å²) in [7, 11) is 0. The number of benzene rings is 2. The third kappa shape index (κ3) is 5.02. The number of aliphatic hydroxyl groups is 1. The van der Waals surface area contributed by atoms with Crippen LogP contribution in [0, 0.1) is 16.0 Å². The normalized spacial score (nSPS) is 14.3. The van der Waals surface area contributed by atoms with Crippen molar-refractivity contribution in [2.75, 3.05) is 23.3 Å². The fourth-order valence-electron chi connectivity index (χ4n) is 3.93. The summed E-state index contributed by atoms with van der Waals surface area (Å²) in [6, 6.07) is 12.9. The van der Waals surface area contributed by atoms with Crippen LogP contribution in [0.4, 0.5) is 17.1 Å². The minimum atomic E-state index is -0.471. The zero-order valence-electron chi connectivity index (χ0n) is 18.1. The Morgan fingerprint density at radius 2 is 1.97 bits per heavy atom. The average molecular weight is 470 g/mol. The molecule has 0 unspecified atom stereocenters. The fourth-order valence-corrected chi connectivity index (χ4v) is 4.21. The number of nitro benzene ring substituents is 1. The molecule has 2 N–H and O–H groups in total. The van der Waals surface area contributed by atoms with Crippen LogP contribution >= 0.6 is 11.6 Å². The number of aliphatic hydroxyl groups excluding tert-OH is 1.